The molecule has 0 aliphatic rings. The van der Waals surface area contributed by atoms with E-state index in [0.717, 1.165) is 22.5 Å². The summed E-state index contributed by atoms with van der Waals surface area (Å²) in [5, 5.41) is 14.9. The maximum atomic E-state index is 12.7. The molecule has 1 N–H and O–H groups in total. The standard InChI is InChI=1S/C25H24ClN7O3/c1-4-35-24(34)18-7-6-8-19-21(18)32(25(27-19)36-5-2)14-16-9-11-17(12-10-16)33-20(13-15(3)22(33)26)23-28-30-31-29-23/h6-13H,4-5,14H2,1-3H3,(H,28,29,30,31). The van der Waals surface area contributed by atoms with E-state index >= 15 is 0 Å². The van der Waals surface area contributed by atoms with Crippen molar-refractivity contribution in [1.29, 1.82) is 0 Å². The largest absolute Gasteiger partial charge is 0.465 e. The van der Waals surface area contributed by atoms with Crippen molar-refractivity contribution < 1.29 is 14.3 Å². The summed E-state index contributed by atoms with van der Waals surface area (Å²) in [7, 11) is 0. The molecule has 0 radical (unpaired) electrons. The Hall–Kier alpha value is -4.18. The molecule has 0 saturated heterocycles. The van der Waals surface area contributed by atoms with E-state index in [1.165, 1.54) is 0 Å². The molecule has 0 atom stereocenters. The van der Waals surface area contributed by atoms with Crippen molar-refractivity contribution in [3.05, 3.63) is 70.4 Å². The molecule has 0 unspecified atom stereocenters. The molecule has 0 aliphatic carbocycles. The average molecular weight is 506 g/mol. The van der Waals surface area contributed by atoms with Crippen LogP contribution in [0.25, 0.3) is 28.2 Å². The van der Waals surface area contributed by atoms with E-state index in [1.54, 1.807) is 19.1 Å². The predicted molar refractivity (Wildman–Crippen MR) is 135 cm³/mol. The molecular formula is C25H24ClN7O3. The summed E-state index contributed by atoms with van der Waals surface area (Å²) in [6, 6.07) is 15.7. The van der Waals surface area contributed by atoms with Crippen molar-refractivity contribution >= 4 is 28.6 Å². The number of para-hydroxylation sites is 1. The molecule has 36 heavy (non-hydrogen) atoms. The molecule has 3 heterocycles. The molecule has 2 aromatic carbocycles. The number of nitrogens with zero attached hydrogens (tertiary/aromatic N) is 6. The fraction of sp³-hybridized carbons (Fsp3) is 0.240. The van der Waals surface area contributed by atoms with Crippen LogP contribution in [0.4, 0.5) is 0 Å². The van der Waals surface area contributed by atoms with E-state index in [1.807, 2.05) is 59.4 Å². The summed E-state index contributed by atoms with van der Waals surface area (Å²) >= 11 is 6.62. The highest BCUT2D eigenvalue weighted by Crippen LogP contribution is 2.31. The Morgan fingerprint density at radius 1 is 1.11 bits per heavy atom. The van der Waals surface area contributed by atoms with Crippen LogP contribution in [0.1, 0.15) is 35.3 Å². The van der Waals surface area contributed by atoms with Gasteiger partial charge in [-0.25, -0.2) is 4.79 Å². The third-order valence-corrected chi connectivity index (χ3v) is 6.19. The zero-order valence-corrected chi connectivity index (χ0v) is 20.8. The number of tetrazole rings is 1. The summed E-state index contributed by atoms with van der Waals surface area (Å²) in [5.41, 5.74) is 5.26. The topological polar surface area (TPSA) is 113 Å². The van der Waals surface area contributed by atoms with Gasteiger partial charge in [0.25, 0.3) is 6.01 Å². The lowest BCUT2D eigenvalue weighted by Crippen LogP contribution is -2.10. The van der Waals surface area contributed by atoms with Crippen LogP contribution in [0, 0.1) is 6.92 Å². The Morgan fingerprint density at radius 2 is 1.92 bits per heavy atom. The minimum absolute atomic E-state index is 0.288. The van der Waals surface area contributed by atoms with Gasteiger partial charge in [-0.2, -0.15) is 10.2 Å². The number of rotatable bonds is 8. The van der Waals surface area contributed by atoms with Gasteiger partial charge in [0.2, 0.25) is 5.82 Å². The van der Waals surface area contributed by atoms with Crippen LogP contribution in [-0.4, -0.2) is 53.9 Å². The van der Waals surface area contributed by atoms with Gasteiger partial charge >= 0.3 is 5.97 Å². The van der Waals surface area contributed by atoms with Crippen molar-refractivity contribution in [2.75, 3.05) is 13.2 Å². The number of aryl methyl sites for hydroxylation is 1. The monoisotopic (exact) mass is 505 g/mol. The molecule has 11 heteroatoms. The first kappa shape index (κ1) is 23.6. The third-order valence-electron chi connectivity index (χ3n) is 5.73. The van der Waals surface area contributed by atoms with Gasteiger partial charge in [-0.3, -0.25) is 9.13 Å². The first-order chi connectivity index (χ1) is 17.5. The van der Waals surface area contributed by atoms with E-state index in [4.69, 9.17) is 21.1 Å². The van der Waals surface area contributed by atoms with Crippen molar-refractivity contribution in [1.82, 2.24) is 34.7 Å². The van der Waals surface area contributed by atoms with Gasteiger partial charge in [-0.1, -0.05) is 29.8 Å². The molecule has 0 spiro atoms. The average Bonchev–Trinajstić information content (AvgIpc) is 3.59. The predicted octanol–water partition coefficient (Wildman–Crippen LogP) is 4.59. The SMILES string of the molecule is CCOC(=O)c1cccc2nc(OCC)n(Cc3ccc(-n4c(-c5nn[nH]n5)cc(C)c4Cl)cc3)c12. The number of aromatic amines is 1. The molecule has 0 amide bonds. The van der Waals surface area contributed by atoms with E-state index in [-0.39, 0.29) is 6.61 Å². The summed E-state index contributed by atoms with van der Waals surface area (Å²) in [5.74, 6) is 0.0565. The molecule has 0 bridgehead atoms. The maximum Gasteiger partial charge on any atom is 0.340 e. The Balaban J connectivity index is 1.54. The number of fused-ring (bicyclic) bond motifs is 1. The third kappa shape index (κ3) is 4.20. The molecular weight excluding hydrogens is 482 g/mol. The number of esters is 1. The highest BCUT2D eigenvalue weighted by molar-refractivity contribution is 6.31. The van der Waals surface area contributed by atoms with Crippen LogP contribution in [0.5, 0.6) is 6.01 Å². The number of hydrogen-bond acceptors (Lipinski definition) is 7. The van der Waals surface area contributed by atoms with Gasteiger partial charge in [0.1, 0.15) is 5.15 Å². The molecule has 0 saturated carbocycles. The van der Waals surface area contributed by atoms with Gasteiger partial charge in [-0.05, 0) is 67.4 Å². The molecule has 10 nitrogen and oxygen atoms in total. The number of hydrogen-bond donors (Lipinski definition) is 1. The Kier molecular flexibility index (Phi) is 6.43. The summed E-state index contributed by atoms with van der Waals surface area (Å²) in [6.07, 6.45) is 0. The summed E-state index contributed by atoms with van der Waals surface area (Å²) in [6.45, 7) is 6.79. The van der Waals surface area contributed by atoms with Crippen molar-refractivity contribution in [2.45, 2.75) is 27.3 Å². The van der Waals surface area contributed by atoms with Gasteiger partial charge < -0.3 is 9.47 Å². The fourth-order valence-corrected chi connectivity index (χ4v) is 4.40. The number of carbonyl (C=O) groups excluding carboxylic acids is 1. The highest BCUT2D eigenvalue weighted by atomic mass is 35.5. The first-order valence-electron chi connectivity index (χ1n) is 11.5. The number of H-pyrrole nitrogens is 1. The second-order valence-corrected chi connectivity index (χ2v) is 8.41. The lowest BCUT2D eigenvalue weighted by atomic mass is 10.1. The van der Waals surface area contributed by atoms with E-state index in [2.05, 4.69) is 25.6 Å². The van der Waals surface area contributed by atoms with Crippen LogP contribution in [0.2, 0.25) is 5.15 Å². The van der Waals surface area contributed by atoms with Crippen LogP contribution in [0.3, 0.4) is 0 Å². The number of halogens is 1. The Labute approximate surface area is 211 Å². The van der Waals surface area contributed by atoms with Crippen molar-refractivity contribution in [3.8, 4) is 23.2 Å². The fourth-order valence-electron chi connectivity index (χ4n) is 4.16. The van der Waals surface area contributed by atoms with Crippen LogP contribution < -0.4 is 4.74 Å². The number of carbonyl (C=O) groups is 1. The lowest BCUT2D eigenvalue weighted by Gasteiger charge is -2.13. The van der Waals surface area contributed by atoms with Crippen LogP contribution in [0.15, 0.2) is 48.5 Å². The second-order valence-electron chi connectivity index (χ2n) is 8.05. The van der Waals surface area contributed by atoms with Crippen molar-refractivity contribution in [2.24, 2.45) is 0 Å². The van der Waals surface area contributed by atoms with E-state index < -0.39 is 5.97 Å². The normalized spacial score (nSPS) is 11.2. The molecule has 5 aromatic rings. The summed E-state index contributed by atoms with van der Waals surface area (Å²) in [4.78, 5) is 17.3. The van der Waals surface area contributed by atoms with E-state index in [0.29, 0.717) is 46.7 Å². The Morgan fingerprint density at radius 3 is 2.61 bits per heavy atom. The van der Waals surface area contributed by atoms with Gasteiger partial charge in [0, 0.05) is 5.69 Å². The van der Waals surface area contributed by atoms with Crippen LogP contribution >= 0.6 is 11.6 Å². The molecule has 0 aliphatic heterocycles. The van der Waals surface area contributed by atoms with Gasteiger partial charge in [0.05, 0.1) is 42.0 Å². The number of benzene rings is 2. The van der Waals surface area contributed by atoms with E-state index in [9.17, 15) is 4.79 Å². The second kappa shape index (κ2) is 9.82. The highest BCUT2D eigenvalue weighted by Gasteiger charge is 2.21. The number of nitrogens with one attached hydrogen (secondary N) is 1. The zero-order valence-electron chi connectivity index (χ0n) is 20.0. The quantitative estimate of drug-likeness (QED) is 0.307. The zero-order chi connectivity index (χ0) is 25.2. The number of imidazole rings is 1. The summed E-state index contributed by atoms with van der Waals surface area (Å²) < 4.78 is 14.9. The van der Waals surface area contributed by atoms with Gasteiger partial charge in [-0.15, -0.1) is 10.2 Å². The lowest BCUT2D eigenvalue weighted by molar-refractivity contribution is 0.0528. The number of aromatic nitrogens is 7. The Bertz CT molecular complexity index is 1520. The molecule has 0 fully saturated rings. The maximum absolute atomic E-state index is 12.7. The molecule has 3 aromatic heterocycles. The van der Waals surface area contributed by atoms with Crippen LogP contribution in [-0.2, 0) is 11.3 Å². The number of ether oxygens (including phenoxy) is 2. The first-order valence-corrected chi connectivity index (χ1v) is 11.9. The van der Waals surface area contributed by atoms with Gasteiger partial charge in [0.15, 0.2) is 0 Å². The molecule has 5 rings (SSSR count). The molecule has 184 valence electrons. The smallest absolute Gasteiger partial charge is 0.340 e. The minimum atomic E-state index is -0.394. The van der Waals surface area contributed by atoms with Crippen molar-refractivity contribution in [3.63, 3.8) is 0 Å². The minimum Gasteiger partial charge on any atom is -0.465 e.